The molecule has 0 spiro atoms. The summed E-state index contributed by atoms with van der Waals surface area (Å²) in [6.45, 7) is 0. The standard InChI is InChI=1S/C23H17NO6S/c1-28-18-13-9-17(10-14-18)22-24-21(23(25)29-22)15-16-7-11-19(12-8-16)30-31(26,27)20-5-3-2-4-6-20/h2-15H,1H3/b21-15+. The Kier molecular flexibility index (Phi) is 5.55. The van der Waals surface area contributed by atoms with Crippen LogP contribution in [0.3, 0.4) is 0 Å². The molecule has 0 aromatic heterocycles. The second-order valence-corrected chi connectivity index (χ2v) is 8.03. The Morgan fingerprint density at radius 1 is 0.871 bits per heavy atom. The zero-order chi connectivity index (χ0) is 21.8. The van der Waals surface area contributed by atoms with Gasteiger partial charge in [-0.3, -0.25) is 0 Å². The van der Waals surface area contributed by atoms with E-state index in [0.29, 0.717) is 16.9 Å². The molecule has 0 fully saturated rings. The number of carbonyl (C=O) groups is 1. The maximum absolute atomic E-state index is 12.3. The summed E-state index contributed by atoms with van der Waals surface area (Å²) in [5, 5.41) is 0. The number of hydrogen-bond acceptors (Lipinski definition) is 7. The van der Waals surface area contributed by atoms with Gasteiger partial charge in [0.2, 0.25) is 5.90 Å². The van der Waals surface area contributed by atoms with Crippen molar-refractivity contribution in [3.05, 3.63) is 95.7 Å². The summed E-state index contributed by atoms with van der Waals surface area (Å²) in [6.07, 6.45) is 1.55. The quantitative estimate of drug-likeness (QED) is 0.332. The van der Waals surface area contributed by atoms with Gasteiger partial charge in [-0.15, -0.1) is 0 Å². The second kappa shape index (κ2) is 8.45. The van der Waals surface area contributed by atoms with Crippen LogP contribution < -0.4 is 8.92 Å². The molecule has 0 saturated carbocycles. The number of rotatable bonds is 6. The lowest BCUT2D eigenvalue weighted by Gasteiger charge is -2.07. The lowest BCUT2D eigenvalue weighted by Crippen LogP contribution is -2.09. The molecule has 3 aromatic carbocycles. The first kappa shape index (κ1) is 20.4. The molecular formula is C23H17NO6S. The number of esters is 1. The average molecular weight is 435 g/mol. The average Bonchev–Trinajstić information content (AvgIpc) is 3.16. The summed E-state index contributed by atoms with van der Waals surface area (Å²) in [4.78, 5) is 16.5. The van der Waals surface area contributed by atoms with Gasteiger partial charge >= 0.3 is 16.1 Å². The fourth-order valence-electron chi connectivity index (χ4n) is 2.81. The van der Waals surface area contributed by atoms with Crippen LogP contribution in [0.15, 0.2) is 94.4 Å². The Morgan fingerprint density at radius 3 is 2.16 bits per heavy atom. The molecule has 156 valence electrons. The van der Waals surface area contributed by atoms with Gasteiger partial charge in [0.05, 0.1) is 7.11 Å². The van der Waals surface area contributed by atoms with Crippen LogP contribution in [0, 0.1) is 0 Å². The Bertz CT molecular complexity index is 1260. The third kappa shape index (κ3) is 4.65. The van der Waals surface area contributed by atoms with Gasteiger partial charge in [0.25, 0.3) is 0 Å². The summed E-state index contributed by atoms with van der Waals surface area (Å²) in [5.74, 6) is 0.467. The summed E-state index contributed by atoms with van der Waals surface area (Å²) < 4.78 is 40.1. The van der Waals surface area contributed by atoms with E-state index in [0.717, 1.165) is 0 Å². The van der Waals surface area contributed by atoms with E-state index in [4.69, 9.17) is 13.7 Å². The van der Waals surface area contributed by atoms with Crippen LogP contribution in [0.5, 0.6) is 11.5 Å². The third-order valence-electron chi connectivity index (χ3n) is 4.38. The van der Waals surface area contributed by atoms with E-state index in [9.17, 15) is 13.2 Å². The number of cyclic esters (lactones) is 1. The van der Waals surface area contributed by atoms with Crippen LogP contribution in [-0.4, -0.2) is 27.4 Å². The number of hydrogen-bond donors (Lipinski definition) is 0. The van der Waals surface area contributed by atoms with Crippen LogP contribution in [0.1, 0.15) is 11.1 Å². The van der Waals surface area contributed by atoms with Crippen LogP contribution in [0.2, 0.25) is 0 Å². The van der Waals surface area contributed by atoms with Crippen LogP contribution >= 0.6 is 0 Å². The van der Waals surface area contributed by atoms with E-state index in [-0.39, 0.29) is 22.2 Å². The first-order chi connectivity index (χ1) is 14.9. The summed E-state index contributed by atoms with van der Waals surface area (Å²) in [7, 11) is -2.35. The molecule has 0 bridgehead atoms. The largest absolute Gasteiger partial charge is 0.497 e. The minimum atomic E-state index is -3.92. The Balaban J connectivity index is 1.51. The molecule has 0 radical (unpaired) electrons. The molecule has 3 aromatic rings. The monoisotopic (exact) mass is 435 g/mol. The first-order valence-electron chi connectivity index (χ1n) is 9.21. The SMILES string of the molecule is COc1ccc(C2=N/C(=C/c3ccc(OS(=O)(=O)c4ccccc4)cc3)C(=O)O2)cc1. The molecule has 0 N–H and O–H groups in total. The van der Waals surface area contributed by atoms with Crippen LogP contribution in [0.4, 0.5) is 0 Å². The fourth-order valence-corrected chi connectivity index (χ4v) is 3.76. The first-order valence-corrected chi connectivity index (χ1v) is 10.6. The minimum Gasteiger partial charge on any atom is -0.497 e. The zero-order valence-corrected chi connectivity index (χ0v) is 17.2. The predicted octanol–water partition coefficient (Wildman–Crippen LogP) is 3.81. The van der Waals surface area contributed by atoms with Gasteiger partial charge in [-0.2, -0.15) is 8.42 Å². The van der Waals surface area contributed by atoms with Gasteiger partial charge in [-0.05, 0) is 60.2 Å². The molecule has 8 heteroatoms. The molecule has 4 rings (SSSR count). The molecule has 0 saturated heterocycles. The lowest BCUT2D eigenvalue weighted by molar-refractivity contribution is -0.129. The summed E-state index contributed by atoms with van der Waals surface area (Å²) in [5.41, 5.74) is 1.42. The van der Waals surface area contributed by atoms with E-state index in [1.54, 1.807) is 67.8 Å². The topological polar surface area (TPSA) is 91.3 Å². The Morgan fingerprint density at radius 2 is 1.52 bits per heavy atom. The molecule has 1 heterocycles. The van der Waals surface area contributed by atoms with E-state index in [2.05, 4.69) is 4.99 Å². The van der Waals surface area contributed by atoms with E-state index >= 15 is 0 Å². The number of carbonyl (C=O) groups excluding carboxylic acids is 1. The number of ether oxygens (including phenoxy) is 2. The third-order valence-corrected chi connectivity index (χ3v) is 5.64. The molecule has 31 heavy (non-hydrogen) atoms. The van der Waals surface area contributed by atoms with Crippen molar-refractivity contribution in [2.45, 2.75) is 4.90 Å². The predicted molar refractivity (Wildman–Crippen MR) is 114 cm³/mol. The second-order valence-electron chi connectivity index (χ2n) is 6.48. The minimum absolute atomic E-state index is 0.0651. The maximum Gasteiger partial charge on any atom is 0.363 e. The van der Waals surface area contributed by atoms with Crippen molar-refractivity contribution in [2.24, 2.45) is 4.99 Å². The zero-order valence-electron chi connectivity index (χ0n) is 16.4. The highest BCUT2D eigenvalue weighted by molar-refractivity contribution is 7.87. The van der Waals surface area contributed by atoms with Gasteiger partial charge in [-0.1, -0.05) is 30.3 Å². The highest BCUT2D eigenvalue weighted by Gasteiger charge is 2.24. The van der Waals surface area contributed by atoms with Crippen molar-refractivity contribution in [2.75, 3.05) is 7.11 Å². The Hall–Kier alpha value is -3.91. The molecular weight excluding hydrogens is 418 g/mol. The molecule has 0 amide bonds. The van der Waals surface area contributed by atoms with Crippen molar-refractivity contribution < 1.29 is 26.9 Å². The number of nitrogens with zero attached hydrogens (tertiary/aromatic N) is 1. The van der Waals surface area contributed by atoms with Gasteiger partial charge in [0, 0.05) is 5.56 Å². The van der Waals surface area contributed by atoms with Crippen LogP contribution in [0.25, 0.3) is 6.08 Å². The number of benzene rings is 3. The van der Waals surface area contributed by atoms with Crippen molar-refractivity contribution in [3.63, 3.8) is 0 Å². The maximum atomic E-state index is 12.3. The summed E-state index contributed by atoms with van der Waals surface area (Å²) in [6, 6.07) is 21.1. The normalized spacial score (nSPS) is 14.8. The van der Waals surface area contributed by atoms with Crippen molar-refractivity contribution in [3.8, 4) is 11.5 Å². The van der Waals surface area contributed by atoms with Crippen molar-refractivity contribution >= 4 is 28.1 Å². The number of aliphatic imine (C=N–C) groups is 1. The Labute approximate surface area is 179 Å². The van der Waals surface area contributed by atoms with Gasteiger partial charge in [-0.25, -0.2) is 9.79 Å². The highest BCUT2D eigenvalue weighted by atomic mass is 32.2. The van der Waals surface area contributed by atoms with Gasteiger partial charge < -0.3 is 13.7 Å². The van der Waals surface area contributed by atoms with Crippen molar-refractivity contribution in [1.82, 2.24) is 0 Å². The van der Waals surface area contributed by atoms with E-state index in [1.165, 1.54) is 24.3 Å². The van der Waals surface area contributed by atoms with Gasteiger partial charge in [0.15, 0.2) is 5.70 Å². The molecule has 1 aliphatic heterocycles. The van der Waals surface area contributed by atoms with Crippen molar-refractivity contribution in [1.29, 1.82) is 0 Å². The molecule has 1 aliphatic rings. The molecule has 0 aliphatic carbocycles. The number of methoxy groups -OCH3 is 1. The lowest BCUT2D eigenvalue weighted by atomic mass is 10.2. The molecule has 0 unspecified atom stereocenters. The molecule has 0 atom stereocenters. The van der Waals surface area contributed by atoms with Gasteiger partial charge in [0.1, 0.15) is 16.4 Å². The summed E-state index contributed by atoms with van der Waals surface area (Å²) >= 11 is 0. The van der Waals surface area contributed by atoms with E-state index in [1.807, 2.05) is 0 Å². The smallest absolute Gasteiger partial charge is 0.363 e. The molecule has 7 nitrogen and oxygen atoms in total. The van der Waals surface area contributed by atoms with E-state index < -0.39 is 16.1 Å². The fraction of sp³-hybridized carbons (Fsp3) is 0.0435. The van der Waals surface area contributed by atoms with Crippen LogP contribution in [-0.2, 0) is 19.6 Å². The highest BCUT2D eigenvalue weighted by Crippen LogP contribution is 2.23.